The van der Waals surface area contributed by atoms with Gasteiger partial charge in [-0.3, -0.25) is 4.79 Å². The number of anilines is 1. The predicted molar refractivity (Wildman–Crippen MR) is 123 cm³/mol. The van der Waals surface area contributed by atoms with Crippen molar-refractivity contribution in [1.82, 2.24) is 14.8 Å². The van der Waals surface area contributed by atoms with Gasteiger partial charge in [0.15, 0.2) is 17.1 Å². The highest BCUT2D eigenvalue weighted by Crippen LogP contribution is 2.30. The van der Waals surface area contributed by atoms with Crippen molar-refractivity contribution in [2.24, 2.45) is 0 Å². The number of benzene rings is 2. The molecule has 0 saturated heterocycles. The van der Waals surface area contributed by atoms with E-state index in [1.54, 1.807) is 37.4 Å². The van der Waals surface area contributed by atoms with Crippen LogP contribution in [0.2, 0.25) is 5.02 Å². The summed E-state index contributed by atoms with van der Waals surface area (Å²) in [6, 6.07) is 14.5. The number of para-hydroxylation sites is 1. The Morgan fingerprint density at radius 3 is 2.52 bits per heavy atom. The van der Waals surface area contributed by atoms with Crippen molar-refractivity contribution >= 4 is 35.0 Å². The molecule has 1 heterocycles. The number of ether oxygens (including phenoxy) is 2. The lowest BCUT2D eigenvalue weighted by Gasteiger charge is -2.17. The summed E-state index contributed by atoms with van der Waals surface area (Å²) in [6.07, 6.45) is -0.356. The molecule has 0 saturated carbocycles. The molecule has 2 aromatic carbocycles. The second-order valence-corrected chi connectivity index (χ2v) is 8.47. The van der Waals surface area contributed by atoms with E-state index in [9.17, 15) is 4.79 Å². The van der Waals surface area contributed by atoms with Gasteiger partial charge in [-0.2, -0.15) is 0 Å². The quantitative estimate of drug-likeness (QED) is 0.441. The SMILES string of the molecule is CCn1c(SC(C)C(=O)Nc2ccc(OC)cc2)nnc1C(C)Oc1ccccc1Cl. The Hall–Kier alpha value is -2.71. The molecule has 0 aliphatic carbocycles. The lowest BCUT2D eigenvalue weighted by atomic mass is 10.3. The van der Waals surface area contributed by atoms with Crippen LogP contribution in [0.5, 0.6) is 11.5 Å². The average Bonchev–Trinajstić information content (AvgIpc) is 3.18. The maximum Gasteiger partial charge on any atom is 0.237 e. The first kappa shape index (κ1) is 23.0. The predicted octanol–water partition coefficient (Wildman–Crippen LogP) is 5.22. The van der Waals surface area contributed by atoms with Gasteiger partial charge in [0.05, 0.1) is 17.4 Å². The largest absolute Gasteiger partial charge is 0.497 e. The van der Waals surface area contributed by atoms with Gasteiger partial charge >= 0.3 is 0 Å². The van der Waals surface area contributed by atoms with Crippen LogP contribution in [0.1, 0.15) is 32.7 Å². The molecule has 2 unspecified atom stereocenters. The zero-order valence-electron chi connectivity index (χ0n) is 17.8. The third-order valence-electron chi connectivity index (χ3n) is 4.57. The van der Waals surface area contributed by atoms with Crippen LogP contribution in [-0.2, 0) is 11.3 Å². The molecular weight excluding hydrogens is 436 g/mol. The lowest BCUT2D eigenvalue weighted by molar-refractivity contribution is -0.115. The summed E-state index contributed by atoms with van der Waals surface area (Å²) in [5, 5.41) is 12.3. The number of carbonyl (C=O) groups excluding carboxylic acids is 1. The van der Waals surface area contributed by atoms with Crippen LogP contribution in [0.25, 0.3) is 0 Å². The molecule has 2 atom stereocenters. The monoisotopic (exact) mass is 460 g/mol. The third-order valence-corrected chi connectivity index (χ3v) is 5.97. The summed E-state index contributed by atoms with van der Waals surface area (Å²) in [6.45, 7) is 6.38. The molecule has 3 aromatic rings. The smallest absolute Gasteiger partial charge is 0.237 e. The van der Waals surface area contributed by atoms with Crippen molar-refractivity contribution in [2.45, 2.75) is 43.8 Å². The van der Waals surface area contributed by atoms with Gasteiger partial charge in [0.2, 0.25) is 5.91 Å². The first-order valence-corrected chi connectivity index (χ1v) is 11.1. The average molecular weight is 461 g/mol. The molecule has 164 valence electrons. The molecule has 1 aromatic heterocycles. The molecule has 0 bridgehead atoms. The van der Waals surface area contributed by atoms with Gasteiger partial charge in [0, 0.05) is 12.2 Å². The van der Waals surface area contributed by atoms with E-state index >= 15 is 0 Å². The maximum atomic E-state index is 12.6. The number of amides is 1. The Labute approximate surface area is 191 Å². The van der Waals surface area contributed by atoms with Crippen LogP contribution >= 0.6 is 23.4 Å². The van der Waals surface area contributed by atoms with Crippen molar-refractivity contribution in [3.63, 3.8) is 0 Å². The van der Waals surface area contributed by atoms with Gasteiger partial charge in [-0.15, -0.1) is 10.2 Å². The molecule has 1 N–H and O–H groups in total. The normalized spacial score (nSPS) is 12.8. The third kappa shape index (κ3) is 5.71. The lowest BCUT2D eigenvalue weighted by Crippen LogP contribution is -2.23. The Morgan fingerprint density at radius 1 is 1.16 bits per heavy atom. The van der Waals surface area contributed by atoms with Crippen LogP contribution in [0.3, 0.4) is 0 Å². The van der Waals surface area contributed by atoms with Crippen LogP contribution in [0, 0.1) is 0 Å². The summed E-state index contributed by atoms with van der Waals surface area (Å²) in [7, 11) is 1.60. The minimum atomic E-state index is -0.371. The van der Waals surface area contributed by atoms with E-state index in [0.717, 1.165) is 5.75 Å². The van der Waals surface area contributed by atoms with E-state index in [2.05, 4.69) is 15.5 Å². The number of nitrogens with one attached hydrogen (secondary N) is 1. The van der Waals surface area contributed by atoms with Gasteiger partial charge in [-0.05, 0) is 57.2 Å². The maximum absolute atomic E-state index is 12.6. The number of nitrogens with zero attached hydrogens (tertiary/aromatic N) is 3. The topological polar surface area (TPSA) is 78.3 Å². The zero-order chi connectivity index (χ0) is 22.4. The molecular formula is C22H25ClN4O3S. The molecule has 1 amide bonds. The van der Waals surface area contributed by atoms with Crippen LogP contribution in [0.4, 0.5) is 5.69 Å². The summed E-state index contributed by atoms with van der Waals surface area (Å²) in [5.74, 6) is 1.87. The highest BCUT2D eigenvalue weighted by molar-refractivity contribution is 8.00. The van der Waals surface area contributed by atoms with Crippen molar-refractivity contribution in [3.8, 4) is 11.5 Å². The van der Waals surface area contributed by atoms with E-state index in [1.807, 2.05) is 43.5 Å². The molecule has 3 rings (SSSR count). The molecule has 9 heteroatoms. The fourth-order valence-corrected chi connectivity index (χ4v) is 4.00. The summed E-state index contributed by atoms with van der Waals surface area (Å²) >= 11 is 7.55. The molecule has 0 spiro atoms. The summed E-state index contributed by atoms with van der Waals surface area (Å²) in [5.41, 5.74) is 0.706. The number of halogens is 1. The Kier molecular flexibility index (Phi) is 7.81. The van der Waals surface area contributed by atoms with E-state index in [0.29, 0.717) is 34.0 Å². The number of hydrogen-bond acceptors (Lipinski definition) is 6. The second kappa shape index (κ2) is 10.5. The van der Waals surface area contributed by atoms with Crippen LogP contribution in [-0.4, -0.2) is 33.0 Å². The highest BCUT2D eigenvalue weighted by Gasteiger charge is 2.23. The summed E-state index contributed by atoms with van der Waals surface area (Å²) in [4.78, 5) is 12.6. The van der Waals surface area contributed by atoms with Crippen molar-refractivity contribution in [2.75, 3.05) is 12.4 Å². The van der Waals surface area contributed by atoms with Crippen LogP contribution < -0.4 is 14.8 Å². The Morgan fingerprint density at radius 2 is 1.87 bits per heavy atom. The van der Waals surface area contributed by atoms with Gasteiger partial charge in [0.1, 0.15) is 11.5 Å². The van der Waals surface area contributed by atoms with Gasteiger partial charge < -0.3 is 19.4 Å². The van der Waals surface area contributed by atoms with Crippen LogP contribution in [0.15, 0.2) is 53.7 Å². The first-order valence-electron chi connectivity index (χ1n) is 9.88. The van der Waals surface area contributed by atoms with Crippen molar-refractivity contribution in [1.29, 1.82) is 0 Å². The molecule has 0 radical (unpaired) electrons. The number of rotatable bonds is 9. The van der Waals surface area contributed by atoms with Gasteiger partial charge in [-0.1, -0.05) is 35.5 Å². The minimum Gasteiger partial charge on any atom is -0.497 e. The molecule has 0 fully saturated rings. The van der Waals surface area contributed by atoms with E-state index in [-0.39, 0.29) is 17.3 Å². The zero-order valence-corrected chi connectivity index (χ0v) is 19.4. The number of methoxy groups -OCH3 is 1. The Bertz CT molecular complexity index is 1030. The standard InChI is InChI=1S/C22H25ClN4O3S/c1-5-27-20(14(2)30-19-9-7-6-8-18(19)23)25-26-22(27)31-15(3)21(28)24-16-10-12-17(29-4)13-11-16/h6-15H,5H2,1-4H3,(H,24,28). The highest BCUT2D eigenvalue weighted by atomic mass is 35.5. The first-order chi connectivity index (χ1) is 14.9. The second-order valence-electron chi connectivity index (χ2n) is 6.75. The molecule has 31 heavy (non-hydrogen) atoms. The minimum absolute atomic E-state index is 0.122. The molecule has 0 aliphatic heterocycles. The van der Waals surface area contributed by atoms with Crippen molar-refractivity contribution < 1.29 is 14.3 Å². The fourth-order valence-electron chi connectivity index (χ4n) is 2.90. The fraction of sp³-hybridized carbons (Fsp3) is 0.318. The molecule has 0 aliphatic rings. The molecule has 7 nitrogen and oxygen atoms in total. The van der Waals surface area contributed by atoms with E-state index in [1.165, 1.54) is 11.8 Å². The number of aromatic nitrogens is 3. The van der Waals surface area contributed by atoms with E-state index < -0.39 is 0 Å². The van der Waals surface area contributed by atoms with Crippen molar-refractivity contribution in [3.05, 3.63) is 59.4 Å². The number of carbonyl (C=O) groups is 1. The Balaban J connectivity index is 1.67. The summed E-state index contributed by atoms with van der Waals surface area (Å²) < 4.78 is 13.1. The van der Waals surface area contributed by atoms with Gasteiger partial charge in [0.25, 0.3) is 0 Å². The number of hydrogen-bond donors (Lipinski definition) is 1. The van der Waals surface area contributed by atoms with E-state index in [4.69, 9.17) is 21.1 Å². The number of thioether (sulfide) groups is 1. The van der Waals surface area contributed by atoms with Gasteiger partial charge in [-0.25, -0.2) is 0 Å².